The summed E-state index contributed by atoms with van der Waals surface area (Å²) in [6, 6.07) is 4.58. The van der Waals surface area contributed by atoms with Gasteiger partial charge in [0.25, 0.3) is 0 Å². The summed E-state index contributed by atoms with van der Waals surface area (Å²) < 4.78 is 37.0. The molecule has 0 bridgehead atoms. The first-order valence-corrected chi connectivity index (χ1v) is 5.38. The second-order valence-corrected chi connectivity index (χ2v) is 4.13. The molecule has 0 saturated heterocycles. The van der Waals surface area contributed by atoms with Crippen LogP contribution in [0.25, 0.3) is 0 Å². The fourth-order valence-corrected chi connectivity index (χ4v) is 1.49. The summed E-state index contributed by atoms with van der Waals surface area (Å²) in [6.45, 7) is 4.45. The third-order valence-electron chi connectivity index (χ3n) is 2.55. The first kappa shape index (κ1) is 14.0. The monoisotopic (exact) mass is 247 g/mol. The van der Waals surface area contributed by atoms with Crippen molar-refractivity contribution in [3.05, 3.63) is 35.4 Å². The molecule has 5 heteroatoms. The van der Waals surface area contributed by atoms with Crippen LogP contribution < -0.4 is 5.32 Å². The summed E-state index contributed by atoms with van der Waals surface area (Å²) in [4.78, 5) is 0. The van der Waals surface area contributed by atoms with Gasteiger partial charge in [-0.2, -0.15) is 13.2 Å². The zero-order chi connectivity index (χ0) is 13.1. The van der Waals surface area contributed by atoms with Crippen molar-refractivity contribution < 1.29 is 18.3 Å². The molecule has 0 aliphatic heterocycles. The van der Waals surface area contributed by atoms with Gasteiger partial charge in [0.15, 0.2) is 0 Å². The maximum Gasteiger partial charge on any atom is 0.416 e. The predicted molar refractivity (Wildman–Crippen MR) is 59.6 cm³/mol. The van der Waals surface area contributed by atoms with E-state index in [-0.39, 0.29) is 0 Å². The van der Waals surface area contributed by atoms with Gasteiger partial charge in [-0.05, 0) is 31.2 Å². The van der Waals surface area contributed by atoms with Gasteiger partial charge in [0.2, 0.25) is 0 Å². The second kappa shape index (κ2) is 5.06. The Morgan fingerprint density at radius 3 is 2.00 bits per heavy atom. The van der Waals surface area contributed by atoms with Crippen LogP contribution in [0, 0.1) is 0 Å². The van der Waals surface area contributed by atoms with Crippen LogP contribution in [0.5, 0.6) is 0 Å². The summed E-state index contributed by atoms with van der Waals surface area (Å²) in [7, 11) is 0. The van der Waals surface area contributed by atoms with E-state index in [0.29, 0.717) is 18.7 Å². The van der Waals surface area contributed by atoms with Gasteiger partial charge in [-0.3, -0.25) is 0 Å². The Labute approximate surface area is 98.5 Å². The summed E-state index contributed by atoms with van der Waals surface area (Å²) >= 11 is 0. The second-order valence-electron chi connectivity index (χ2n) is 4.13. The minimum absolute atomic E-state index is 0.300. The lowest BCUT2D eigenvalue weighted by Gasteiger charge is -2.24. The molecule has 2 nitrogen and oxygen atoms in total. The molecule has 1 rings (SSSR count). The summed E-state index contributed by atoms with van der Waals surface area (Å²) in [6.07, 6.45) is -4.34. The van der Waals surface area contributed by atoms with Gasteiger partial charge < -0.3 is 10.4 Å². The highest BCUT2D eigenvalue weighted by Crippen LogP contribution is 2.30. The fraction of sp³-hybridized carbons (Fsp3) is 0.500. The van der Waals surface area contributed by atoms with Gasteiger partial charge in [-0.25, -0.2) is 0 Å². The molecular weight excluding hydrogens is 231 g/mol. The van der Waals surface area contributed by atoms with Crippen LogP contribution in [0.3, 0.4) is 0 Å². The molecule has 1 unspecified atom stereocenters. The summed E-state index contributed by atoms with van der Waals surface area (Å²) in [5.74, 6) is 0. The highest BCUT2D eigenvalue weighted by atomic mass is 19.4. The number of benzene rings is 1. The van der Waals surface area contributed by atoms with Crippen LogP contribution >= 0.6 is 0 Å². The van der Waals surface area contributed by atoms with Gasteiger partial charge in [-0.1, -0.05) is 19.1 Å². The van der Waals surface area contributed by atoms with E-state index in [2.05, 4.69) is 5.32 Å². The largest absolute Gasteiger partial charge is 0.416 e. The minimum atomic E-state index is -4.34. The lowest BCUT2D eigenvalue weighted by molar-refractivity contribution is -0.137. The van der Waals surface area contributed by atoms with Crippen LogP contribution in [0.1, 0.15) is 25.0 Å². The standard InChI is InChI=1S/C12H16F3NO/c1-3-16-8-11(2,17)9-4-6-10(7-5-9)12(13,14)15/h4-7,16-17H,3,8H2,1-2H3. The Morgan fingerprint density at radius 2 is 1.59 bits per heavy atom. The van der Waals surface area contributed by atoms with Crippen LogP contribution in [-0.2, 0) is 11.8 Å². The molecule has 0 radical (unpaired) electrons. The minimum Gasteiger partial charge on any atom is -0.384 e. The number of likely N-dealkylation sites (N-methyl/N-ethyl adjacent to an activating group) is 1. The van der Waals surface area contributed by atoms with Crippen LogP contribution in [0.4, 0.5) is 13.2 Å². The predicted octanol–water partition coefficient (Wildman–Crippen LogP) is 2.52. The Hall–Kier alpha value is -1.07. The molecule has 0 spiro atoms. The first-order valence-electron chi connectivity index (χ1n) is 5.38. The molecular formula is C12H16F3NO. The van der Waals surface area contributed by atoms with E-state index in [1.54, 1.807) is 6.92 Å². The Morgan fingerprint density at radius 1 is 1.12 bits per heavy atom. The van der Waals surface area contributed by atoms with Crippen molar-refractivity contribution in [1.29, 1.82) is 0 Å². The van der Waals surface area contributed by atoms with Gasteiger partial charge >= 0.3 is 6.18 Å². The molecule has 0 aromatic heterocycles. The van der Waals surface area contributed by atoms with Gasteiger partial charge in [0.1, 0.15) is 0 Å². The molecule has 17 heavy (non-hydrogen) atoms. The maximum atomic E-state index is 12.3. The van der Waals surface area contributed by atoms with Crippen molar-refractivity contribution in [1.82, 2.24) is 5.32 Å². The van der Waals surface area contributed by atoms with Crippen molar-refractivity contribution in [3.8, 4) is 0 Å². The van der Waals surface area contributed by atoms with E-state index in [0.717, 1.165) is 12.1 Å². The number of aliphatic hydroxyl groups is 1. The molecule has 0 heterocycles. The van der Waals surface area contributed by atoms with Gasteiger partial charge in [-0.15, -0.1) is 0 Å². The molecule has 1 aromatic rings. The Kier molecular flexibility index (Phi) is 4.16. The quantitative estimate of drug-likeness (QED) is 0.857. The van der Waals surface area contributed by atoms with E-state index in [1.807, 2.05) is 6.92 Å². The number of halogens is 3. The average molecular weight is 247 g/mol. The average Bonchev–Trinajstić information content (AvgIpc) is 2.25. The normalized spacial score (nSPS) is 15.6. The third-order valence-corrected chi connectivity index (χ3v) is 2.55. The summed E-state index contributed by atoms with van der Waals surface area (Å²) in [5.41, 5.74) is -1.41. The van der Waals surface area contributed by atoms with Crippen molar-refractivity contribution in [2.75, 3.05) is 13.1 Å². The maximum absolute atomic E-state index is 12.3. The van der Waals surface area contributed by atoms with Crippen molar-refractivity contribution in [2.45, 2.75) is 25.6 Å². The van der Waals surface area contributed by atoms with Crippen LogP contribution in [0.15, 0.2) is 24.3 Å². The first-order chi connectivity index (χ1) is 7.77. The molecule has 2 N–H and O–H groups in total. The zero-order valence-electron chi connectivity index (χ0n) is 9.80. The van der Waals surface area contributed by atoms with E-state index in [4.69, 9.17) is 0 Å². The lowest BCUT2D eigenvalue weighted by atomic mass is 9.95. The molecule has 1 atom stereocenters. The number of hydrogen-bond acceptors (Lipinski definition) is 2. The molecule has 0 amide bonds. The number of nitrogens with one attached hydrogen (secondary N) is 1. The van der Waals surface area contributed by atoms with Crippen molar-refractivity contribution >= 4 is 0 Å². The smallest absolute Gasteiger partial charge is 0.384 e. The fourth-order valence-electron chi connectivity index (χ4n) is 1.49. The molecule has 1 aromatic carbocycles. The number of rotatable bonds is 4. The lowest BCUT2D eigenvalue weighted by Crippen LogP contribution is -2.35. The molecule has 0 saturated carbocycles. The SMILES string of the molecule is CCNCC(C)(O)c1ccc(C(F)(F)F)cc1. The van der Waals surface area contributed by atoms with E-state index in [1.165, 1.54) is 12.1 Å². The summed E-state index contributed by atoms with van der Waals surface area (Å²) in [5, 5.41) is 13.0. The molecule has 0 aliphatic rings. The van der Waals surface area contributed by atoms with E-state index >= 15 is 0 Å². The number of alkyl halides is 3. The zero-order valence-corrected chi connectivity index (χ0v) is 9.80. The van der Waals surface area contributed by atoms with Crippen LogP contribution in [0.2, 0.25) is 0 Å². The topological polar surface area (TPSA) is 32.3 Å². The highest BCUT2D eigenvalue weighted by molar-refractivity contribution is 5.28. The highest BCUT2D eigenvalue weighted by Gasteiger charge is 2.31. The van der Waals surface area contributed by atoms with Crippen molar-refractivity contribution in [2.24, 2.45) is 0 Å². The van der Waals surface area contributed by atoms with Gasteiger partial charge in [0, 0.05) is 6.54 Å². The molecule has 96 valence electrons. The van der Waals surface area contributed by atoms with E-state index in [9.17, 15) is 18.3 Å². The van der Waals surface area contributed by atoms with E-state index < -0.39 is 17.3 Å². The Bertz CT molecular complexity index is 357. The third kappa shape index (κ3) is 3.71. The Balaban J connectivity index is 2.87. The van der Waals surface area contributed by atoms with Crippen molar-refractivity contribution in [3.63, 3.8) is 0 Å². The van der Waals surface area contributed by atoms with Gasteiger partial charge in [0.05, 0.1) is 11.2 Å². The van der Waals surface area contributed by atoms with Crippen LogP contribution in [-0.4, -0.2) is 18.2 Å². The molecule has 0 fully saturated rings. The number of hydrogen-bond donors (Lipinski definition) is 2. The molecule has 0 aliphatic carbocycles.